The number of hydrogen-bond acceptors (Lipinski definition) is 6. The molecule has 0 radical (unpaired) electrons. The molecule has 3 heterocycles. The molecule has 1 amide bonds. The highest BCUT2D eigenvalue weighted by molar-refractivity contribution is 7.71. The molecule has 0 saturated carbocycles. The van der Waals surface area contributed by atoms with E-state index in [1.807, 2.05) is 42.6 Å². The first kappa shape index (κ1) is 20.5. The third-order valence-electron chi connectivity index (χ3n) is 4.67. The van der Waals surface area contributed by atoms with Gasteiger partial charge in [0.25, 0.3) is 0 Å². The number of carbonyl (C=O) groups excluding carboxylic acids is 1. The van der Waals surface area contributed by atoms with E-state index in [9.17, 15) is 4.79 Å². The minimum absolute atomic E-state index is 0.155. The Kier molecular flexibility index (Phi) is 6.18. The Balaban J connectivity index is 1.37. The van der Waals surface area contributed by atoms with Crippen molar-refractivity contribution in [2.75, 3.05) is 12.4 Å². The van der Waals surface area contributed by atoms with Crippen LogP contribution in [0.4, 0.5) is 5.82 Å². The maximum absolute atomic E-state index is 12.5. The monoisotopic (exact) mass is 435 g/mol. The van der Waals surface area contributed by atoms with Gasteiger partial charge in [0.15, 0.2) is 16.4 Å². The van der Waals surface area contributed by atoms with Gasteiger partial charge in [-0.3, -0.25) is 24.1 Å². The van der Waals surface area contributed by atoms with Gasteiger partial charge >= 0.3 is 0 Å². The van der Waals surface area contributed by atoms with E-state index >= 15 is 0 Å². The number of nitrogens with one attached hydrogen (secondary N) is 2. The number of aromatic amines is 1. The van der Waals surface area contributed by atoms with Crippen molar-refractivity contribution in [1.82, 2.24) is 29.5 Å². The first-order valence-corrected chi connectivity index (χ1v) is 10.0. The Labute approximate surface area is 183 Å². The number of rotatable bonds is 8. The summed E-state index contributed by atoms with van der Waals surface area (Å²) in [4.78, 5) is 16.5. The summed E-state index contributed by atoms with van der Waals surface area (Å²) in [5.74, 6) is 1.78. The van der Waals surface area contributed by atoms with Crippen LogP contribution in [0.5, 0.6) is 5.75 Å². The van der Waals surface area contributed by atoms with Crippen LogP contribution >= 0.6 is 12.2 Å². The number of carbonyl (C=O) groups is 1. The van der Waals surface area contributed by atoms with Crippen molar-refractivity contribution in [3.05, 3.63) is 71.4 Å². The van der Waals surface area contributed by atoms with Crippen molar-refractivity contribution in [1.29, 1.82) is 0 Å². The van der Waals surface area contributed by atoms with Crippen molar-refractivity contribution >= 4 is 23.9 Å². The summed E-state index contributed by atoms with van der Waals surface area (Å²) in [6, 6.07) is 13.1. The van der Waals surface area contributed by atoms with Gasteiger partial charge in [-0.15, -0.1) is 0 Å². The molecule has 4 aromatic rings. The first-order valence-electron chi connectivity index (χ1n) is 9.64. The van der Waals surface area contributed by atoms with Gasteiger partial charge in [0.2, 0.25) is 5.91 Å². The normalized spacial score (nSPS) is 10.7. The summed E-state index contributed by atoms with van der Waals surface area (Å²) in [5.41, 5.74) is 1.96. The number of hydrogen-bond donors (Lipinski definition) is 2. The molecule has 9 nitrogen and oxygen atoms in total. The first-order chi connectivity index (χ1) is 15.1. The highest BCUT2D eigenvalue weighted by atomic mass is 32.1. The molecular weight excluding hydrogens is 414 g/mol. The number of ether oxygens (including phenoxy) is 1. The van der Waals surface area contributed by atoms with Crippen LogP contribution in [-0.2, 0) is 17.9 Å². The van der Waals surface area contributed by atoms with Crippen molar-refractivity contribution in [3.63, 3.8) is 0 Å². The Morgan fingerprint density at radius 2 is 1.94 bits per heavy atom. The van der Waals surface area contributed by atoms with E-state index in [2.05, 4.69) is 25.6 Å². The molecule has 0 fully saturated rings. The van der Waals surface area contributed by atoms with E-state index in [-0.39, 0.29) is 12.3 Å². The highest BCUT2D eigenvalue weighted by Gasteiger charge is 2.12. The van der Waals surface area contributed by atoms with Gasteiger partial charge < -0.3 is 10.1 Å². The van der Waals surface area contributed by atoms with Crippen molar-refractivity contribution in [2.45, 2.75) is 19.5 Å². The van der Waals surface area contributed by atoms with Crippen LogP contribution < -0.4 is 10.1 Å². The average Bonchev–Trinajstić information content (AvgIpc) is 3.39. The largest absolute Gasteiger partial charge is 0.497 e. The van der Waals surface area contributed by atoms with E-state index in [1.165, 1.54) is 0 Å². The number of benzene rings is 1. The molecule has 0 aliphatic heterocycles. The molecule has 0 saturated heterocycles. The fraction of sp³-hybridized carbons (Fsp3) is 0.190. The van der Waals surface area contributed by atoms with E-state index in [4.69, 9.17) is 17.0 Å². The van der Waals surface area contributed by atoms with E-state index in [0.717, 1.165) is 16.9 Å². The van der Waals surface area contributed by atoms with Crippen LogP contribution in [0.25, 0.3) is 11.4 Å². The predicted octanol–water partition coefficient (Wildman–Crippen LogP) is 3.28. The molecule has 2 N–H and O–H groups in total. The Bertz CT molecular complexity index is 1210. The molecule has 0 unspecified atom stereocenters. The quantitative estimate of drug-likeness (QED) is 0.412. The predicted molar refractivity (Wildman–Crippen MR) is 118 cm³/mol. The van der Waals surface area contributed by atoms with Crippen LogP contribution in [0.2, 0.25) is 0 Å². The standard InChI is InChI=1S/C21H21N7O2S/c1-30-17-4-2-16(3-5-17)20-24-25-21(31)28(20)13-9-19(29)23-18-8-12-27(26-18)14-15-6-10-22-11-7-15/h2-8,10-12H,9,13-14H2,1H3,(H,25,31)(H,23,26,29). The van der Waals surface area contributed by atoms with E-state index in [0.29, 0.717) is 29.5 Å². The summed E-state index contributed by atoms with van der Waals surface area (Å²) in [6.45, 7) is 0.994. The lowest BCUT2D eigenvalue weighted by atomic mass is 10.2. The maximum atomic E-state index is 12.5. The van der Waals surface area contributed by atoms with Gasteiger partial charge in [-0.1, -0.05) is 0 Å². The molecular formula is C21H21N7O2S. The van der Waals surface area contributed by atoms with Gasteiger partial charge in [-0.2, -0.15) is 10.2 Å². The Hall–Kier alpha value is -3.79. The third-order valence-corrected chi connectivity index (χ3v) is 4.98. The lowest BCUT2D eigenvalue weighted by molar-refractivity contribution is -0.116. The molecule has 0 bridgehead atoms. The smallest absolute Gasteiger partial charge is 0.227 e. The Morgan fingerprint density at radius 1 is 1.16 bits per heavy atom. The van der Waals surface area contributed by atoms with Gasteiger partial charge in [0.1, 0.15) is 5.75 Å². The summed E-state index contributed by atoms with van der Waals surface area (Å²) in [7, 11) is 1.62. The van der Waals surface area contributed by atoms with Gasteiger partial charge in [0.05, 0.1) is 13.7 Å². The zero-order chi connectivity index (χ0) is 21.6. The fourth-order valence-corrected chi connectivity index (χ4v) is 3.32. The van der Waals surface area contributed by atoms with Crippen LogP contribution in [0.3, 0.4) is 0 Å². The zero-order valence-corrected chi connectivity index (χ0v) is 17.7. The molecule has 10 heteroatoms. The van der Waals surface area contributed by atoms with E-state index in [1.54, 1.807) is 34.8 Å². The second-order valence-electron chi connectivity index (χ2n) is 6.78. The van der Waals surface area contributed by atoms with Crippen molar-refractivity contribution in [3.8, 4) is 17.1 Å². The maximum Gasteiger partial charge on any atom is 0.227 e. The number of pyridine rings is 1. The number of amides is 1. The lowest BCUT2D eigenvalue weighted by Crippen LogP contribution is -2.15. The molecule has 0 aliphatic carbocycles. The second kappa shape index (κ2) is 9.35. The number of H-pyrrole nitrogens is 1. The molecule has 31 heavy (non-hydrogen) atoms. The van der Waals surface area contributed by atoms with Gasteiger partial charge in [-0.25, -0.2) is 0 Å². The summed E-state index contributed by atoms with van der Waals surface area (Å²) < 4.78 is 9.22. The summed E-state index contributed by atoms with van der Waals surface area (Å²) >= 11 is 5.34. The number of anilines is 1. The van der Waals surface area contributed by atoms with Crippen LogP contribution in [-0.4, -0.2) is 42.5 Å². The molecule has 4 rings (SSSR count). The minimum Gasteiger partial charge on any atom is -0.497 e. The molecule has 0 atom stereocenters. The summed E-state index contributed by atoms with van der Waals surface area (Å²) in [5, 5.41) is 14.3. The summed E-state index contributed by atoms with van der Waals surface area (Å²) in [6.07, 6.45) is 5.53. The molecule has 158 valence electrons. The highest BCUT2D eigenvalue weighted by Crippen LogP contribution is 2.21. The fourth-order valence-electron chi connectivity index (χ4n) is 3.10. The molecule has 0 aliphatic rings. The van der Waals surface area contributed by atoms with Crippen molar-refractivity contribution < 1.29 is 9.53 Å². The van der Waals surface area contributed by atoms with Crippen LogP contribution in [0.15, 0.2) is 61.1 Å². The molecule has 0 spiro atoms. The second-order valence-corrected chi connectivity index (χ2v) is 7.17. The lowest BCUT2D eigenvalue weighted by Gasteiger charge is -2.08. The van der Waals surface area contributed by atoms with Crippen LogP contribution in [0.1, 0.15) is 12.0 Å². The minimum atomic E-state index is -0.155. The van der Waals surface area contributed by atoms with Crippen LogP contribution in [0, 0.1) is 4.77 Å². The van der Waals surface area contributed by atoms with Gasteiger partial charge in [-0.05, 0) is 54.2 Å². The topological polar surface area (TPSA) is 103 Å². The number of methoxy groups -OCH3 is 1. The SMILES string of the molecule is COc1ccc(-c2n[nH]c(=S)n2CCC(=O)Nc2ccn(Cc3ccncc3)n2)cc1. The van der Waals surface area contributed by atoms with Gasteiger partial charge in [0, 0.05) is 43.2 Å². The third kappa shape index (κ3) is 5.04. The average molecular weight is 436 g/mol. The Morgan fingerprint density at radius 3 is 2.68 bits per heavy atom. The molecule has 3 aromatic heterocycles. The van der Waals surface area contributed by atoms with Crippen molar-refractivity contribution in [2.24, 2.45) is 0 Å². The number of nitrogens with zero attached hydrogens (tertiary/aromatic N) is 5. The molecule has 1 aromatic carbocycles. The number of aromatic nitrogens is 6. The van der Waals surface area contributed by atoms with E-state index < -0.39 is 0 Å². The zero-order valence-electron chi connectivity index (χ0n) is 16.9.